The van der Waals surface area contributed by atoms with E-state index < -0.39 is 27.7 Å². The lowest BCUT2D eigenvalue weighted by molar-refractivity contribution is -0.137. The van der Waals surface area contributed by atoms with Crippen LogP contribution in [0.3, 0.4) is 0 Å². The monoisotopic (exact) mass is 462 g/mol. The number of nitrogens with zero attached hydrogens (tertiary/aromatic N) is 1. The number of nitrogens with one attached hydrogen (secondary N) is 1. The number of carbonyl (C=O) groups is 1. The topological polar surface area (TPSA) is 66.5 Å². The van der Waals surface area contributed by atoms with Crippen LogP contribution in [0.2, 0.25) is 0 Å². The maximum atomic E-state index is 12.8. The molecule has 1 N–H and O–H groups in total. The van der Waals surface area contributed by atoms with Crippen molar-refractivity contribution in [3.05, 3.63) is 101 Å². The predicted molar refractivity (Wildman–Crippen MR) is 117 cm³/mol. The Kier molecular flexibility index (Phi) is 6.88. The number of carbonyl (C=O) groups excluding carboxylic acids is 1. The van der Waals surface area contributed by atoms with E-state index in [0.717, 1.165) is 18.4 Å². The summed E-state index contributed by atoms with van der Waals surface area (Å²) in [7, 11) is -3.52. The van der Waals surface area contributed by atoms with E-state index in [1.54, 1.807) is 54.6 Å². The Morgan fingerprint density at radius 1 is 0.906 bits per heavy atom. The molecule has 0 fully saturated rings. The minimum Gasteiger partial charge on any atom is -0.348 e. The minimum absolute atomic E-state index is 0.0552. The first-order chi connectivity index (χ1) is 15.0. The fraction of sp³-hybridized carbons (Fsp3) is 0.174. The Bertz CT molecular complexity index is 1180. The highest BCUT2D eigenvalue weighted by atomic mass is 32.2. The lowest BCUT2D eigenvalue weighted by Gasteiger charge is -2.22. The van der Waals surface area contributed by atoms with Crippen LogP contribution >= 0.6 is 0 Å². The molecule has 0 aromatic heterocycles. The van der Waals surface area contributed by atoms with Gasteiger partial charge < -0.3 is 5.32 Å². The highest BCUT2D eigenvalue weighted by molar-refractivity contribution is 7.92. The Hall–Kier alpha value is -3.33. The number of rotatable bonds is 7. The van der Waals surface area contributed by atoms with E-state index in [1.165, 1.54) is 16.4 Å². The fourth-order valence-electron chi connectivity index (χ4n) is 3.06. The van der Waals surface area contributed by atoms with Crippen LogP contribution < -0.4 is 9.62 Å². The zero-order valence-corrected chi connectivity index (χ0v) is 18.0. The van der Waals surface area contributed by atoms with Crippen LogP contribution in [-0.4, -0.2) is 20.6 Å². The summed E-state index contributed by atoms with van der Waals surface area (Å²) < 4.78 is 64.1. The second kappa shape index (κ2) is 9.44. The molecule has 0 atom stereocenters. The van der Waals surface area contributed by atoms with Crippen molar-refractivity contribution in [2.75, 3.05) is 10.6 Å². The Labute approximate surface area is 184 Å². The van der Waals surface area contributed by atoms with Gasteiger partial charge in [-0.2, -0.15) is 13.2 Å². The van der Waals surface area contributed by atoms with E-state index >= 15 is 0 Å². The minimum atomic E-state index is -4.45. The van der Waals surface area contributed by atoms with Crippen molar-refractivity contribution in [3.63, 3.8) is 0 Å². The molecule has 168 valence electrons. The van der Waals surface area contributed by atoms with E-state index in [2.05, 4.69) is 5.32 Å². The Balaban J connectivity index is 1.67. The van der Waals surface area contributed by atoms with E-state index in [0.29, 0.717) is 22.4 Å². The van der Waals surface area contributed by atoms with Crippen molar-refractivity contribution in [1.29, 1.82) is 0 Å². The van der Waals surface area contributed by atoms with Crippen molar-refractivity contribution in [2.45, 2.75) is 19.3 Å². The Morgan fingerprint density at radius 3 is 2.16 bits per heavy atom. The van der Waals surface area contributed by atoms with Crippen molar-refractivity contribution in [3.8, 4) is 0 Å². The third-order valence-electron chi connectivity index (χ3n) is 4.69. The molecule has 0 radical (unpaired) electrons. The average molecular weight is 462 g/mol. The highest BCUT2D eigenvalue weighted by Crippen LogP contribution is 2.29. The molecule has 1 amide bonds. The van der Waals surface area contributed by atoms with Crippen LogP contribution in [-0.2, 0) is 29.3 Å². The number of halogens is 3. The van der Waals surface area contributed by atoms with Crippen LogP contribution in [0, 0.1) is 0 Å². The van der Waals surface area contributed by atoms with E-state index in [9.17, 15) is 26.4 Å². The molecule has 0 bridgehead atoms. The number of hydrogen-bond acceptors (Lipinski definition) is 3. The van der Waals surface area contributed by atoms with Gasteiger partial charge in [0.1, 0.15) is 0 Å². The number of alkyl halides is 3. The van der Waals surface area contributed by atoms with Crippen molar-refractivity contribution in [2.24, 2.45) is 0 Å². The second-order valence-electron chi connectivity index (χ2n) is 7.18. The number of anilines is 1. The Morgan fingerprint density at radius 2 is 1.56 bits per heavy atom. The van der Waals surface area contributed by atoms with Gasteiger partial charge in [-0.3, -0.25) is 9.10 Å². The zero-order valence-electron chi connectivity index (χ0n) is 17.1. The number of amides is 1. The van der Waals surface area contributed by atoms with E-state index in [4.69, 9.17) is 0 Å². The van der Waals surface area contributed by atoms with Gasteiger partial charge in [-0.05, 0) is 47.5 Å². The molecule has 3 rings (SSSR count). The van der Waals surface area contributed by atoms with Crippen molar-refractivity contribution < 1.29 is 26.4 Å². The predicted octanol–water partition coefficient (Wildman–Crippen LogP) is 4.60. The lowest BCUT2D eigenvalue weighted by Crippen LogP contribution is -2.29. The van der Waals surface area contributed by atoms with Crippen molar-refractivity contribution >= 4 is 21.6 Å². The van der Waals surface area contributed by atoms with Gasteiger partial charge in [0.15, 0.2) is 0 Å². The molecule has 0 aliphatic carbocycles. The zero-order chi connectivity index (χ0) is 23.4. The van der Waals surface area contributed by atoms with Gasteiger partial charge in [0.25, 0.3) is 5.91 Å². The van der Waals surface area contributed by atoms with Crippen LogP contribution in [0.5, 0.6) is 0 Å². The van der Waals surface area contributed by atoms with E-state index in [-0.39, 0.29) is 13.1 Å². The van der Waals surface area contributed by atoms with Gasteiger partial charge >= 0.3 is 6.18 Å². The number of para-hydroxylation sites is 1. The van der Waals surface area contributed by atoms with Crippen LogP contribution in [0.1, 0.15) is 27.0 Å². The molecule has 9 heteroatoms. The largest absolute Gasteiger partial charge is 0.416 e. The molecule has 0 aliphatic rings. The summed E-state index contributed by atoms with van der Waals surface area (Å²) in [4.78, 5) is 12.4. The maximum absolute atomic E-state index is 12.8. The molecule has 5 nitrogen and oxygen atoms in total. The fourth-order valence-corrected chi connectivity index (χ4v) is 3.95. The maximum Gasteiger partial charge on any atom is 0.416 e. The second-order valence-corrected chi connectivity index (χ2v) is 9.09. The van der Waals surface area contributed by atoms with Gasteiger partial charge in [-0.25, -0.2) is 8.42 Å². The normalized spacial score (nSPS) is 11.8. The molecule has 3 aromatic carbocycles. The SMILES string of the molecule is CS(=O)(=O)N(Cc1ccc(C(=O)NCc2cccc(C(F)(F)F)c2)cc1)c1ccccc1. The first-order valence-corrected chi connectivity index (χ1v) is 11.4. The van der Waals surface area contributed by atoms with Gasteiger partial charge in [-0.15, -0.1) is 0 Å². The van der Waals surface area contributed by atoms with Gasteiger partial charge in [0.2, 0.25) is 10.0 Å². The number of benzene rings is 3. The van der Waals surface area contributed by atoms with Gasteiger partial charge in [0, 0.05) is 12.1 Å². The third kappa shape index (κ3) is 6.10. The van der Waals surface area contributed by atoms with Crippen molar-refractivity contribution in [1.82, 2.24) is 5.32 Å². The van der Waals surface area contributed by atoms with Gasteiger partial charge in [-0.1, -0.05) is 42.5 Å². The van der Waals surface area contributed by atoms with Crippen LogP contribution in [0.4, 0.5) is 18.9 Å². The summed E-state index contributed by atoms with van der Waals surface area (Å²) in [5.41, 5.74) is 1.07. The molecule has 32 heavy (non-hydrogen) atoms. The molecule has 0 unspecified atom stereocenters. The lowest BCUT2D eigenvalue weighted by atomic mass is 10.1. The molecule has 0 saturated carbocycles. The molecule has 3 aromatic rings. The number of sulfonamides is 1. The molecular weight excluding hydrogens is 441 g/mol. The first kappa shape index (κ1) is 23.3. The van der Waals surface area contributed by atoms with Crippen LogP contribution in [0.15, 0.2) is 78.9 Å². The molecule has 0 aliphatic heterocycles. The molecule has 0 heterocycles. The molecular formula is C23H21F3N2O3S. The quantitative estimate of drug-likeness (QED) is 0.558. The number of hydrogen-bond donors (Lipinski definition) is 1. The van der Waals surface area contributed by atoms with Gasteiger partial charge in [0.05, 0.1) is 24.1 Å². The summed E-state index contributed by atoms with van der Waals surface area (Å²) in [6.45, 7) is 0.0371. The standard InChI is InChI=1S/C23H21F3N2O3S/c1-32(30,31)28(21-8-3-2-4-9-21)16-17-10-12-19(13-11-17)22(29)27-15-18-6-5-7-20(14-18)23(24,25)26/h2-14H,15-16H2,1H3,(H,27,29). The first-order valence-electron chi connectivity index (χ1n) is 9.60. The highest BCUT2D eigenvalue weighted by Gasteiger charge is 2.30. The summed E-state index contributed by atoms with van der Waals surface area (Å²) in [6, 6.07) is 19.8. The van der Waals surface area contributed by atoms with Crippen LogP contribution in [0.25, 0.3) is 0 Å². The molecule has 0 spiro atoms. The smallest absolute Gasteiger partial charge is 0.348 e. The molecule has 0 saturated heterocycles. The summed E-state index contributed by atoms with van der Waals surface area (Å²) in [5, 5.41) is 2.59. The third-order valence-corrected chi connectivity index (χ3v) is 5.83. The van der Waals surface area contributed by atoms with E-state index in [1.807, 2.05) is 0 Å². The summed E-state index contributed by atoms with van der Waals surface area (Å²) >= 11 is 0. The summed E-state index contributed by atoms with van der Waals surface area (Å²) in [5.74, 6) is -0.447. The average Bonchev–Trinajstić information content (AvgIpc) is 2.75. The summed E-state index contributed by atoms with van der Waals surface area (Å²) in [6.07, 6.45) is -3.33.